The van der Waals surface area contributed by atoms with E-state index >= 15 is 0 Å². The summed E-state index contributed by atoms with van der Waals surface area (Å²) in [5, 5.41) is 6.48. The molecule has 5 nitrogen and oxygen atoms in total. The predicted molar refractivity (Wildman–Crippen MR) is 70.7 cm³/mol. The number of para-hydroxylation sites is 1. The van der Waals surface area contributed by atoms with Gasteiger partial charge < -0.3 is 15.4 Å². The number of sulfone groups is 1. The largest absolute Gasteiger partial charge is 0.382 e. The van der Waals surface area contributed by atoms with Crippen LogP contribution in [0, 0.1) is 0 Å². The summed E-state index contributed by atoms with van der Waals surface area (Å²) < 4.78 is 28.6. The first kappa shape index (κ1) is 13.3. The Hall–Kier alpha value is -1.11. The third-order valence-corrected chi connectivity index (χ3v) is 3.98. The zero-order valence-corrected chi connectivity index (χ0v) is 11.2. The molecule has 1 heterocycles. The van der Waals surface area contributed by atoms with Gasteiger partial charge in [-0.05, 0) is 12.1 Å². The maximum absolute atomic E-state index is 11.6. The van der Waals surface area contributed by atoms with Gasteiger partial charge in [-0.25, -0.2) is 8.42 Å². The molecular weight excluding hydrogens is 252 g/mol. The molecule has 0 spiro atoms. The highest BCUT2D eigenvalue weighted by molar-refractivity contribution is 7.90. The molecule has 0 aliphatic carbocycles. The maximum atomic E-state index is 11.6. The summed E-state index contributed by atoms with van der Waals surface area (Å²) in [5.41, 5.74) is 0.646. The van der Waals surface area contributed by atoms with E-state index in [9.17, 15) is 8.42 Å². The molecule has 0 saturated carbocycles. The fourth-order valence-corrected chi connectivity index (χ4v) is 2.79. The Labute approximate surface area is 107 Å². The number of benzene rings is 1. The SMILES string of the molecule is CS(=O)(=O)c1ccccc1NCC1COCCN1. The van der Waals surface area contributed by atoms with Crippen LogP contribution in [0.4, 0.5) is 5.69 Å². The van der Waals surface area contributed by atoms with E-state index in [0.29, 0.717) is 23.7 Å². The van der Waals surface area contributed by atoms with E-state index in [2.05, 4.69) is 10.6 Å². The second-order valence-corrected chi connectivity index (χ2v) is 6.36. The van der Waals surface area contributed by atoms with E-state index in [0.717, 1.165) is 13.2 Å². The molecule has 2 N–H and O–H groups in total. The van der Waals surface area contributed by atoms with E-state index in [1.807, 2.05) is 6.07 Å². The quantitative estimate of drug-likeness (QED) is 0.833. The Kier molecular flexibility index (Phi) is 4.21. The molecule has 1 atom stereocenters. The second-order valence-electron chi connectivity index (χ2n) is 4.38. The number of ether oxygens (including phenoxy) is 1. The number of nitrogens with one attached hydrogen (secondary N) is 2. The van der Waals surface area contributed by atoms with Crippen LogP contribution in [0.2, 0.25) is 0 Å². The van der Waals surface area contributed by atoms with Gasteiger partial charge in [-0.1, -0.05) is 12.1 Å². The van der Waals surface area contributed by atoms with Gasteiger partial charge in [0.05, 0.1) is 23.8 Å². The highest BCUT2D eigenvalue weighted by atomic mass is 32.2. The van der Waals surface area contributed by atoms with Crippen molar-refractivity contribution in [2.24, 2.45) is 0 Å². The van der Waals surface area contributed by atoms with Crippen molar-refractivity contribution >= 4 is 15.5 Å². The van der Waals surface area contributed by atoms with E-state index in [1.165, 1.54) is 6.26 Å². The summed E-state index contributed by atoms with van der Waals surface area (Å²) in [6, 6.07) is 7.15. The highest BCUT2D eigenvalue weighted by Gasteiger charge is 2.15. The average molecular weight is 270 g/mol. The van der Waals surface area contributed by atoms with Crippen LogP contribution in [0.15, 0.2) is 29.2 Å². The van der Waals surface area contributed by atoms with Crippen molar-refractivity contribution < 1.29 is 13.2 Å². The van der Waals surface area contributed by atoms with Gasteiger partial charge in [-0.15, -0.1) is 0 Å². The van der Waals surface area contributed by atoms with Crippen LogP contribution in [0.5, 0.6) is 0 Å². The fraction of sp³-hybridized carbons (Fsp3) is 0.500. The van der Waals surface area contributed by atoms with Crippen molar-refractivity contribution in [3.8, 4) is 0 Å². The third-order valence-electron chi connectivity index (χ3n) is 2.82. The van der Waals surface area contributed by atoms with Crippen molar-refractivity contribution in [3.05, 3.63) is 24.3 Å². The lowest BCUT2D eigenvalue weighted by molar-refractivity contribution is 0.0806. The van der Waals surface area contributed by atoms with Crippen LogP contribution in [-0.4, -0.2) is 47.0 Å². The molecule has 1 saturated heterocycles. The molecule has 1 fully saturated rings. The van der Waals surface area contributed by atoms with Crippen LogP contribution in [-0.2, 0) is 14.6 Å². The number of anilines is 1. The standard InChI is InChI=1S/C12H18N2O3S/c1-18(15,16)12-5-3-2-4-11(12)14-8-10-9-17-7-6-13-10/h2-5,10,13-14H,6-9H2,1H3. The minimum atomic E-state index is -3.20. The number of morpholine rings is 1. The van der Waals surface area contributed by atoms with Crippen molar-refractivity contribution in [1.82, 2.24) is 5.32 Å². The molecule has 1 aromatic carbocycles. The van der Waals surface area contributed by atoms with Crippen LogP contribution < -0.4 is 10.6 Å². The zero-order chi connectivity index (χ0) is 13.0. The lowest BCUT2D eigenvalue weighted by Crippen LogP contribution is -2.45. The van der Waals surface area contributed by atoms with Gasteiger partial charge in [-0.2, -0.15) is 0 Å². The van der Waals surface area contributed by atoms with Gasteiger partial charge in [0, 0.05) is 25.4 Å². The highest BCUT2D eigenvalue weighted by Crippen LogP contribution is 2.20. The molecule has 0 radical (unpaired) electrons. The summed E-state index contributed by atoms with van der Waals surface area (Å²) in [7, 11) is -3.20. The minimum Gasteiger partial charge on any atom is -0.382 e. The van der Waals surface area contributed by atoms with Crippen LogP contribution in [0.25, 0.3) is 0 Å². The Balaban J connectivity index is 2.05. The van der Waals surface area contributed by atoms with Crippen LogP contribution in [0.1, 0.15) is 0 Å². The Morgan fingerprint density at radius 3 is 2.89 bits per heavy atom. The molecule has 1 unspecified atom stereocenters. The van der Waals surface area contributed by atoms with Gasteiger partial charge in [0.25, 0.3) is 0 Å². The fourth-order valence-electron chi connectivity index (χ4n) is 1.92. The number of hydrogen-bond acceptors (Lipinski definition) is 5. The van der Waals surface area contributed by atoms with Crippen LogP contribution in [0.3, 0.4) is 0 Å². The molecule has 1 aliphatic heterocycles. The van der Waals surface area contributed by atoms with E-state index < -0.39 is 9.84 Å². The van der Waals surface area contributed by atoms with Gasteiger partial charge >= 0.3 is 0 Å². The topological polar surface area (TPSA) is 67.4 Å². The minimum absolute atomic E-state index is 0.214. The molecule has 1 aromatic rings. The molecule has 0 amide bonds. The van der Waals surface area contributed by atoms with E-state index in [-0.39, 0.29) is 6.04 Å². The zero-order valence-electron chi connectivity index (χ0n) is 10.3. The Morgan fingerprint density at radius 1 is 1.44 bits per heavy atom. The van der Waals surface area contributed by atoms with Crippen LogP contribution >= 0.6 is 0 Å². The van der Waals surface area contributed by atoms with Gasteiger partial charge in [0.2, 0.25) is 0 Å². The Bertz CT molecular complexity index is 496. The molecule has 0 bridgehead atoms. The van der Waals surface area contributed by atoms with Gasteiger partial charge in [0.15, 0.2) is 9.84 Å². The molecule has 1 aliphatic rings. The summed E-state index contributed by atoms with van der Waals surface area (Å²) in [5.74, 6) is 0. The van der Waals surface area contributed by atoms with Crippen molar-refractivity contribution in [2.45, 2.75) is 10.9 Å². The normalized spacial score (nSPS) is 20.6. The molecule has 100 valence electrons. The van der Waals surface area contributed by atoms with Crippen molar-refractivity contribution in [1.29, 1.82) is 0 Å². The summed E-state index contributed by atoms with van der Waals surface area (Å²) in [6.07, 6.45) is 1.22. The summed E-state index contributed by atoms with van der Waals surface area (Å²) in [4.78, 5) is 0.335. The van der Waals surface area contributed by atoms with Gasteiger partial charge in [-0.3, -0.25) is 0 Å². The maximum Gasteiger partial charge on any atom is 0.177 e. The molecule has 6 heteroatoms. The lowest BCUT2D eigenvalue weighted by atomic mass is 10.2. The van der Waals surface area contributed by atoms with Crippen molar-refractivity contribution in [2.75, 3.05) is 37.9 Å². The average Bonchev–Trinajstić information content (AvgIpc) is 2.37. The Morgan fingerprint density at radius 2 is 2.22 bits per heavy atom. The van der Waals surface area contributed by atoms with E-state index in [4.69, 9.17) is 4.74 Å². The first-order valence-electron chi connectivity index (χ1n) is 5.91. The van der Waals surface area contributed by atoms with E-state index in [1.54, 1.807) is 18.2 Å². The third kappa shape index (κ3) is 3.44. The first-order chi connectivity index (χ1) is 8.57. The molecule has 2 rings (SSSR count). The molecule has 0 aromatic heterocycles. The molecular formula is C12H18N2O3S. The smallest absolute Gasteiger partial charge is 0.177 e. The van der Waals surface area contributed by atoms with Crippen molar-refractivity contribution in [3.63, 3.8) is 0 Å². The second kappa shape index (κ2) is 5.69. The number of hydrogen-bond donors (Lipinski definition) is 2. The summed E-state index contributed by atoms with van der Waals surface area (Å²) in [6.45, 7) is 2.86. The monoisotopic (exact) mass is 270 g/mol. The first-order valence-corrected chi connectivity index (χ1v) is 7.80. The summed E-state index contributed by atoms with van der Waals surface area (Å²) >= 11 is 0. The lowest BCUT2D eigenvalue weighted by Gasteiger charge is -2.24. The number of rotatable bonds is 4. The van der Waals surface area contributed by atoms with Gasteiger partial charge in [0.1, 0.15) is 0 Å². The molecule has 18 heavy (non-hydrogen) atoms. The predicted octanol–water partition coefficient (Wildman–Crippen LogP) is 0.490.